The van der Waals surface area contributed by atoms with Crippen molar-refractivity contribution in [3.63, 3.8) is 0 Å². The summed E-state index contributed by atoms with van der Waals surface area (Å²) in [7, 11) is 0. The van der Waals surface area contributed by atoms with Crippen molar-refractivity contribution in [2.24, 2.45) is 5.10 Å². The van der Waals surface area contributed by atoms with Gasteiger partial charge in [-0.15, -0.1) is 0 Å². The third kappa shape index (κ3) is 5.57. The minimum Gasteiger partial charge on any atom is -0.490 e. The van der Waals surface area contributed by atoms with Gasteiger partial charge < -0.3 is 9.47 Å². The Morgan fingerprint density at radius 1 is 1.23 bits per heavy atom. The molecule has 0 radical (unpaired) electrons. The summed E-state index contributed by atoms with van der Waals surface area (Å²) in [5.41, 5.74) is 3.98. The van der Waals surface area contributed by atoms with E-state index in [1.54, 1.807) is 37.4 Å². The van der Waals surface area contributed by atoms with Gasteiger partial charge in [0, 0.05) is 17.3 Å². The van der Waals surface area contributed by atoms with Gasteiger partial charge in [-0.1, -0.05) is 17.7 Å². The first-order valence-electron chi connectivity index (χ1n) is 9.16. The van der Waals surface area contributed by atoms with Crippen LogP contribution in [-0.2, 0) is 6.61 Å². The molecule has 0 aliphatic heterocycles. The standard InChI is InChI=1S/C21H20ClFN4O3/c1-3-29-19-10-14(11-24-27-21-25-13(2)9-20(28)26-21)7-8-18(19)30-12-15-16(22)5-4-6-17(15)23/h4-11H,3,12H2,1-2H3,(H2,25,26,27,28)/b24-11-. The lowest BCUT2D eigenvalue weighted by atomic mass is 10.2. The van der Waals surface area contributed by atoms with Crippen molar-refractivity contribution in [2.45, 2.75) is 20.5 Å². The number of aromatic amines is 1. The Labute approximate surface area is 177 Å². The van der Waals surface area contributed by atoms with Crippen molar-refractivity contribution in [1.82, 2.24) is 9.97 Å². The van der Waals surface area contributed by atoms with E-state index in [-0.39, 0.29) is 23.7 Å². The van der Waals surface area contributed by atoms with Gasteiger partial charge in [-0.25, -0.2) is 14.8 Å². The van der Waals surface area contributed by atoms with E-state index >= 15 is 0 Å². The predicted octanol–water partition coefficient (Wildman–Crippen LogP) is 4.29. The molecule has 7 nitrogen and oxygen atoms in total. The van der Waals surface area contributed by atoms with E-state index in [9.17, 15) is 9.18 Å². The normalized spacial score (nSPS) is 10.9. The van der Waals surface area contributed by atoms with Gasteiger partial charge in [-0.2, -0.15) is 5.10 Å². The lowest BCUT2D eigenvalue weighted by molar-refractivity contribution is 0.266. The molecule has 30 heavy (non-hydrogen) atoms. The van der Waals surface area contributed by atoms with Crippen LogP contribution >= 0.6 is 11.6 Å². The van der Waals surface area contributed by atoms with Gasteiger partial charge in [0.15, 0.2) is 11.5 Å². The number of halogens is 2. The quantitative estimate of drug-likeness (QED) is 0.411. The maximum Gasteiger partial charge on any atom is 0.252 e. The molecule has 3 rings (SSSR count). The van der Waals surface area contributed by atoms with Gasteiger partial charge in [-0.3, -0.25) is 9.78 Å². The maximum absolute atomic E-state index is 13.9. The fraction of sp³-hybridized carbons (Fsp3) is 0.190. The van der Waals surface area contributed by atoms with Crippen molar-refractivity contribution in [2.75, 3.05) is 12.0 Å². The molecular weight excluding hydrogens is 411 g/mol. The minimum atomic E-state index is -0.432. The Hall–Kier alpha value is -3.39. The molecule has 2 N–H and O–H groups in total. The van der Waals surface area contributed by atoms with Crippen molar-refractivity contribution in [3.8, 4) is 11.5 Å². The monoisotopic (exact) mass is 430 g/mol. The average molecular weight is 431 g/mol. The van der Waals surface area contributed by atoms with Gasteiger partial charge in [0.25, 0.3) is 5.56 Å². The van der Waals surface area contributed by atoms with Crippen molar-refractivity contribution in [3.05, 3.63) is 80.5 Å². The number of H-pyrrole nitrogens is 1. The molecule has 0 bridgehead atoms. The van der Waals surface area contributed by atoms with Crippen molar-refractivity contribution in [1.29, 1.82) is 0 Å². The molecule has 0 atom stereocenters. The van der Waals surface area contributed by atoms with Gasteiger partial charge in [-0.05, 0) is 49.7 Å². The van der Waals surface area contributed by atoms with Crippen LogP contribution in [0.2, 0.25) is 5.02 Å². The molecule has 1 aromatic heterocycles. The number of ether oxygens (including phenoxy) is 2. The molecule has 1 heterocycles. The summed E-state index contributed by atoms with van der Waals surface area (Å²) in [6.45, 7) is 3.95. The molecule has 0 spiro atoms. The maximum atomic E-state index is 13.9. The summed E-state index contributed by atoms with van der Waals surface area (Å²) in [6, 6.07) is 11.1. The second-order valence-electron chi connectivity index (χ2n) is 6.23. The second kappa shape index (κ2) is 9.89. The fourth-order valence-electron chi connectivity index (χ4n) is 2.61. The first kappa shape index (κ1) is 21.3. The molecule has 156 valence electrons. The van der Waals surface area contributed by atoms with Crippen LogP contribution in [0.4, 0.5) is 10.3 Å². The molecule has 2 aromatic carbocycles. The molecule has 9 heteroatoms. The molecule has 0 amide bonds. The summed E-state index contributed by atoms with van der Waals surface area (Å²) >= 11 is 6.05. The smallest absolute Gasteiger partial charge is 0.252 e. The van der Waals surface area contributed by atoms with Gasteiger partial charge in [0.05, 0.1) is 17.8 Å². The first-order chi connectivity index (χ1) is 14.5. The lowest BCUT2D eigenvalue weighted by Gasteiger charge is -2.13. The Kier molecular flexibility index (Phi) is 7.03. The number of aromatic nitrogens is 2. The number of anilines is 1. The average Bonchev–Trinajstić information content (AvgIpc) is 2.68. The molecule has 0 fully saturated rings. The highest BCUT2D eigenvalue weighted by molar-refractivity contribution is 6.31. The Bertz CT molecular complexity index is 1100. The summed E-state index contributed by atoms with van der Waals surface area (Å²) in [4.78, 5) is 18.1. The van der Waals surface area contributed by atoms with Crippen LogP contribution in [0.1, 0.15) is 23.7 Å². The third-order valence-corrected chi connectivity index (χ3v) is 4.31. The molecule has 3 aromatic rings. The van der Waals surface area contributed by atoms with Crippen LogP contribution in [0.3, 0.4) is 0 Å². The largest absolute Gasteiger partial charge is 0.490 e. The van der Waals surface area contributed by atoms with Gasteiger partial charge in [0.1, 0.15) is 12.4 Å². The molecule has 0 aliphatic carbocycles. The van der Waals surface area contributed by atoms with Gasteiger partial charge >= 0.3 is 0 Å². The number of hydrogen-bond donors (Lipinski definition) is 2. The number of aryl methyl sites for hydroxylation is 1. The lowest BCUT2D eigenvalue weighted by Crippen LogP contribution is -2.10. The molecule has 0 unspecified atom stereocenters. The zero-order chi connectivity index (χ0) is 21.5. The number of hydrogen-bond acceptors (Lipinski definition) is 6. The van der Waals surface area contributed by atoms with Gasteiger partial charge in [0.2, 0.25) is 5.95 Å². The summed E-state index contributed by atoms with van der Waals surface area (Å²) in [5, 5.41) is 4.37. The highest BCUT2D eigenvalue weighted by atomic mass is 35.5. The van der Waals surface area contributed by atoms with Crippen LogP contribution in [0.15, 0.2) is 52.4 Å². The van der Waals surface area contributed by atoms with Crippen LogP contribution in [-0.4, -0.2) is 22.8 Å². The number of nitrogens with one attached hydrogen (secondary N) is 2. The fourth-order valence-corrected chi connectivity index (χ4v) is 2.83. The van der Waals surface area contributed by atoms with E-state index in [2.05, 4.69) is 20.5 Å². The molecular formula is C21H20ClFN4O3. The predicted molar refractivity (Wildman–Crippen MR) is 114 cm³/mol. The van der Waals surface area contributed by atoms with Crippen LogP contribution < -0.4 is 20.5 Å². The van der Waals surface area contributed by atoms with E-state index in [0.29, 0.717) is 28.8 Å². The second-order valence-corrected chi connectivity index (χ2v) is 6.64. The summed E-state index contributed by atoms with van der Waals surface area (Å²) < 4.78 is 25.3. The summed E-state index contributed by atoms with van der Waals surface area (Å²) in [5.74, 6) is 0.739. The number of nitrogens with zero attached hydrogens (tertiary/aromatic N) is 2. The SMILES string of the molecule is CCOc1cc(/C=N\Nc2nc(C)cc(=O)[nH]2)ccc1OCc1c(F)cccc1Cl. The topological polar surface area (TPSA) is 88.6 Å². The minimum absolute atomic E-state index is 0.0348. The molecule has 0 saturated heterocycles. The Morgan fingerprint density at radius 2 is 2.07 bits per heavy atom. The van der Waals surface area contributed by atoms with E-state index in [4.69, 9.17) is 21.1 Å². The third-order valence-electron chi connectivity index (χ3n) is 3.96. The Balaban J connectivity index is 1.73. The van der Waals surface area contributed by atoms with Crippen LogP contribution in [0.25, 0.3) is 0 Å². The van der Waals surface area contributed by atoms with Crippen molar-refractivity contribution < 1.29 is 13.9 Å². The zero-order valence-electron chi connectivity index (χ0n) is 16.4. The summed E-state index contributed by atoms with van der Waals surface area (Å²) in [6.07, 6.45) is 1.54. The van der Waals surface area contributed by atoms with Crippen LogP contribution in [0.5, 0.6) is 11.5 Å². The highest BCUT2D eigenvalue weighted by Gasteiger charge is 2.11. The zero-order valence-corrected chi connectivity index (χ0v) is 17.2. The van der Waals surface area contributed by atoms with E-state index in [1.165, 1.54) is 18.2 Å². The highest BCUT2D eigenvalue weighted by Crippen LogP contribution is 2.30. The number of hydrazone groups is 1. The molecule has 0 aliphatic rings. The van der Waals surface area contributed by atoms with E-state index in [1.807, 2.05) is 6.92 Å². The Morgan fingerprint density at radius 3 is 2.80 bits per heavy atom. The molecule has 0 saturated carbocycles. The number of benzene rings is 2. The van der Waals surface area contributed by atoms with Crippen LogP contribution in [0, 0.1) is 12.7 Å². The number of rotatable bonds is 8. The van der Waals surface area contributed by atoms with Crippen molar-refractivity contribution >= 4 is 23.8 Å². The van der Waals surface area contributed by atoms with E-state index in [0.717, 1.165) is 5.56 Å². The van der Waals surface area contributed by atoms with E-state index < -0.39 is 5.82 Å². The first-order valence-corrected chi connectivity index (χ1v) is 9.53.